The molecular formula is C23H23N7O. The van der Waals surface area contributed by atoms with E-state index in [4.69, 9.17) is 11.5 Å². The lowest BCUT2D eigenvalue weighted by atomic mass is 10.1. The number of hydrogen-bond donors (Lipinski definition) is 4. The van der Waals surface area contributed by atoms with E-state index in [0.717, 1.165) is 16.9 Å². The van der Waals surface area contributed by atoms with Crippen molar-refractivity contribution in [1.82, 2.24) is 14.8 Å². The minimum Gasteiger partial charge on any atom is -0.399 e. The molecule has 156 valence electrons. The molecule has 1 aromatic heterocycles. The van der Waals surface area contributed by atoms with Crippen molar-refractivity contribution in [2.75, 3.05) is 35.7 Å². The number of rotatable bonds is 7. The third kappa shape index (κ3) is 4.18. The van der Waals surface area contributed by atoms with Crippen molar-refractivity contribution < 1.29 is 4.79 Å². The molecule has 0 fully saturated rings. The molecule has 0 atom stereocenters. The molecule has 0 unspecified atom stereocenters. The molecule has 0 radical (unpaired) electrons. The first-order valence-corrected chi connectivity index (χ1v) is 9.78. The largest absolute Gasteiger partial charge is 0.399 e. The number of benzene rings is 3. The molecule has 1 heterocycles. The van der Waals surface area contributed by atoms with E-state index in [1.165, 1.54) is 0 Å². The Morgan fingerprint density at radius 3 is 2.39 bits per heavy atom. The summed E-state index contributed by atoms with van der Waals surface area (Å²) in [6.07, 6.45) is 0. The van der Waals surface area contributed by atoms with Crippen LogP contribution in [0.4, 0.5) is 23.0 Å². The summed E-state index contributed by atoms with van der Waals surface area (Å²) in [6, 6.07) is 22.5. The second-order valence-electron chi connectivity index (χ2n) is 6.97. The molecule has 0 saturated heterocycles. The van der Waals surface area contributed by atoms with E-state index in [1.54, 1.807) is 18.2 Å². The number of hydrogen-bond acceptors (Lipinski definition) is 7. The highest BCUT2D eigenvalue weighted by atomic mass is 16.1. The van der Waals surface area contributed by atoms with Crippen molar-refractivity contribution in [1.29, 1.82) is 0 Å². The Balaban J connectivity index is 1.67. The molecule has 3 aromatic carbocycles. The van der Waals surface area contributed by atoms with Crippen LogP contribution in [0.2, 0.25) is 0 Å². The Labute approximate surface area is 179 Å². The third-order valence-electron chi connectivity index (χ3n) is 4.89. The van der Waals surface area contributed by atoms with Crippen LogP contribution in [0.15, 0.2) is 72.8 Å². The Morgan fingerprint density at radius 1 is 0.968 bits per heavy atom. The van der Waals surface area contributed by atoms with Crippen LogP contribution in [0.1, 0.15) is 10.4 Å². The number of ketones is 1. The van der Waals surface area contributed by atoms with E-state index in [9.17, 15) is 4.79 Å². The van der Waals surface area contributed by atoms with E-state index in [0.29, 0.717) is 28.7 Å². The fourth-order valence-corrected chi connectivity index (χ4v) is 3.28. The molecule has 8 heteroatoms. The molecule has 6 N–H and O–H groups in total. The van der Waals surface area contributed by atoms with Crippen LogP contribution < -0.4 is 22.1 Å². The Bertz CT molecular complexity index is 1200. The van der Waals surface area contributed by atoms with E-state index in [1.807, 2.05) is 66.2 Å². The number of carbonyl (C=O) groups excluding carboxylic acids is 1. The summed E-state index contributed by atoms with van der Waals surface area (Å²) in [5.74, 6) is 0.956. The standard InChI is InChI=1S/C23H23N7O/c1-26-17-8-10-18(11-9-17)30-22(15-5-3-2-4-6-15)28-29-23(30)27-14-21(31)19-12-7-16(24)13-20(19)25/h2-13,26H,14,24-25H2,1H3,(H,27,29). The summed E-state index contributed by atoms with van der Waals surface area (Å²) in [5.41, 5.74) is 15.7. The zero-order valence-electron chi connectivity index (χ0n) is 17.0. The molecular weight excluding hydrogens is 390 g/mol. The molecule has 0 saturated carbocycles. The third-order valence-corrected chi connectivity index (χ3v) is 4.89. The van der Waals surface area contributed by atoms with Crippen molar-refractivity contribution in [3.8, 4) is 17.1 Å². The number of nitrogens with two attached hydrogens (primary N) is 2. The minimum atomic E-state index is -0.168. The molecule has 8 nitrogen and oxygen atoms in total. The Hall–Kier alpha value is -4.33. The molecule has 0 aliphatic rings. The maximum atomic E-state index is 12.7. The average molecular weight is 413 g/mol. The molecule has 4 aromatic rings. The van der Waals surface area contributed by atoms with Crippen molar-refractivity contribution in [3.05, 3.63) is 78.4 Å². The van der Waals surface area contributed by atoms with Crippen molar-refractivity contribution >= 4 is 28.8 Å². The van der Waals surface area contributed by atoms with Crippen LogP contribution in [0, 0.1) is 0 Å². The normalized spacial score (nSPS) is 10.6. The topological polar surface area (TPSA) is 124 Å². The van der Waals surface area contributed by atoms with Gasteiger partial charge in [0.2, 0.25) is 5.95 Å². The van der Waals surface area contributed by atoms with Crippen LogP contribution in [0.5, 0.6) is 0 Å². The van der Waals surface area contributed by atoms with Crippen molar-refractivity contribution in [2.45, 2.75) is 0 Å². The molecule has 0 aliphatic heterocycles. The first-order valence-electron chi connectivity index (χ1n) is 9.78. The summed E-state index contributed by atoms with van der Waals surface area (Å²) in [7, 11) is 1.87. The maximum Gasteiger partial charge on any atom is 0.229 e. The lowest BCUT2D eigenvalue weighted by molar-refractivity contribution is 0.101. The smallest absolute Gasteiger partial charge is 0.229 e. The zero-order chi connectivity index (χ0) is 21.8. The van der Waals surface area contributed by atoms with Crippen LogP contribution in [-0.2, 0) is 0 Å². The number of nitrogen functional groups attached to an aromatic ring is 2. The predicted molar refractivity (Wildman–Crippen MR) is 124 cm³/mol. The van der Waals surface area contributed by atoms with Gasteiger partial charge in [-0.25, -0.2) is 0 Å². The highest BCUT2D eigenvalue weighted by Gasteiger charge is 2.17. The van der Waals surface area contributed by atoms with Gasteiger partial charge >= 0.3 is 0 Å². The molecule has 0 aliphatic carbocycles. The van der Waals surface area contributed by atoms with Crippen LogP contribution in [-0.4, -0.2) is 34.1 Å². The van der Waals surface area contributed by atoms with Crippen LogP contribution in [0.25, 0.3) is 17.1 Å². The Kier molecular flexibility index (Phi) is 5.53. The predicted octanol–water partition coefficient (Wildman–Crippen LogP) is 3.44. The summed E-state index contributed by atoms with van der Waals surface area (Å²) in [4.78, 5) is 12.7. The fraction of sp³-hybridized carbons (Fsp3) is 0.0870. The number of nitrogens with one attached hydrogen (secondary N) is 2. The first-order chi connectivity index (χ1) is 15.1. The van der Waals surface area contributed by atoms with Gasteiger partial charge < -0.3 is 22.1 Å². The van der Waals surface area contributed by atoms with Gasteiger partial charge in [-0.1, -0.05) is 30.3 Å². The second kappa shape index (κ2) is 8.58. The molecule has 0 amide bonds. The summed E-state index contributed by atoms with van der Waals surface area (Å²) >= 11 is 0. The van der Waals surface area contributed by atoms with Gasteiger partial charge in [-0.05, 0) is 42.5 Å². The van der Waals surface area contributed by atoms with E-state index < -0.39 is 0 Å². The van der Waals surface area contributed by atoms with Gasteiger partial charge in [-0.15, -0.1) is 10.2 Å². The highest BCUT2D eigenvalue weighted by molar-refractivity contribution is 6.03. The number of carbonyl (C=O) groups is 1. The molecule has 0 spiro atoms. The van der Waals surface area contributed by atoms with Gasteiger partial charge in [-0.3, -0.25) is 9.36 Å². The summed E-state index contributed by atoms with van der Waals surface area (Å²) in [6.45, 7) is 0.00956. The molecule has 31 heavy (non-hydrogen) atoms. The minimum absolute atomic E-state index is 0.00956. The summed E-state index contributed by atoms with van der Waals surface area (Å²) in [5, 5.41) is 14.9. The van der Waals surface area contributed by atoms with Gasteiger partial charge in [-0.2, -0.15) is 0 Å². The quantitative estimate of drug-likeness (QED) is 0.270. The first kappa shape index (κ1) is 20.0. The number of nitrogens with zero attached hydrogens (tertiary/aromatic N) is 3. The maximum absolute atomic E-state index is 12.7. The van der Waals surface area contributed by atoms with E-state index in [2.05, 4.69) is 20.8 Å². The number of anilines is 4. The van der Waals surface area contributed by atoms with Gasteiger partial charge in [0.1, 0.15) is 0 Å². The van der Waals surface area contributed by atoms with Gasteiger partial charge in [0.25, 0.3) is 0 Å². The average Bonchev–Trinajstić information content (AvgIpc) is 3.22. The van der Waals surface area contributed by atoms with E-state index in [-0.39, 0.29) is 12.3 Å². The summed E-state index contributed by atoms with van der Waals surface area (Å²) < 4.78 is 1.88. The Morgan fingerprint density at radius 2 is 1.71 bits per heavy atom. The fourth-order valence-electron chi connectivity index (χ4n) is 3.28. The van der Waals surface area contributed by atoms with Crippen LogP contribution >= 0.6 is 0 Å². The van der Waals surface area contributed by atoms with Crippen molar-refractivity contribution in [3.63, 3.8) is 0 Å². The number of aromatic nitrogens is 3. The molecule has 4 rings (SSSR count). The second-order valence-corrected chi connectivity index (χ2v) is 6.97. The number of Topliss-reactive ketones (excluding diaryl/α,β-unsaturated/α-hetero) is 1. The van der Waals surface area contributed by atoms with Crippen LogP contribution in [0.3, 0.4) is 0 Å². The zero-order valence-corrected chi connectivity index (χ0v) is 17.0. The SMILES string of the molecule is CNc1ccc(-n2c(NCC(=O)c3ccc(N)cc3N)nnc2-c2ccccc2)cc1. The highest BCUT2D eigenvalue weighted by Crippen LogP contribution is 2.26. The van der Waals surface area contributed by atoms with Crippen molar-refractivity contribution in [2.24, 2.45) is 0 Å². The van der Waals surface area contributed by atoms with Gasteiger partial charge in [0.15, 0.2) is 11.6 Å². The lowest BCUT2D eigenvalue weighted by Crippen LogP contribution is -2.18. The van der Waals surface area contributed by atoms with Gasteiger partial charge in [0.05, 0.1) is 12.2 Å². The van der Waals surface area contributed by atoms with E-state index >= 15 is 0 Å². The molecule has 0 bridgehead atoms. The lowest BCUT2D eigenvalue weighted by Gasteiger charge is -2.13. The van der Waals surface area contributed by atoms with Gasteiger partial charge in [0, 0.05) is 35.2 Å². The monoisotopic (exact) mass is 413 g/mol.